The molecule has 0 aliphatic carbocycles. The second-order valence-corrected chi connectivity index (χ2v) is 7.56. The van der Waals surface area contributed by atoms with E-state index in [1.54, 1.807) is 11.0 Å². The predicted octanol–water partition coefficient (Wildman–Crippen LogP) is 3.00. The van der Waals surface area contributed by atoms with Crippen molar-refractivity contribution in [2.45, 2.75) is 38.8 Å². The summed E-state index contributed by atoms with van der Waals surface area (Å²) in [5.41, 5.74) is 3.69. The molecule has 0 spiro atoms. The SMILES string of the molecule is Cc1ccc(CN2CCC(Nc3cc4c(cc3[N+](=O)[O-])CCC(=O)N4)C2=O)cc1. The van der Waals surface area contributed by atoms with Crippen LogP contribution in [0.15, 0.2) is 36.4 Å². The van der Waals surface area contributed by atoms with Crippen molar-refractivity contribution in [1.29, 1.82) is 0 Å². The topological polar surface area (TPSA) is 105 Å². The molecule has 0 saturated carbocycles. The first-order chi connectivity index (χ1) is 13.9. The number of carbonyl (C=O) groups excluding carboxylic acids is 2. The third-order valence-corrected chi connectivity index (χ3v) is 5.43. The average Bonchev–Trinajstić information content (AvgIpc) is 3.02. The molecule has 1 saturated heterocycles. The van der Waals surface area contributed by atoms with E-state index in [4.69, 9.17) is 0 Å². The molecule has 2 N–H and O–H groups in total. The van der Waals surface area contributed by atoms with Crippen molar-refractivity contribution >= 4 is 28.9 Å². The van der Waals surface area contributed by atoms with Crippen LogP contribution in [0, 0.1) is 17.0 Å². The van der Waals surface area contributed by atoms with Crippen LogP contribution in [0.25, 0.3) is 0 Å². The summed E-state index contributed by atoms with van der Waals surface area (Å²) in [6.07, 6.45) is 1.34. The average molecular weight is 394 g/mol. The molecule has 1 unspecified atom stereocenters. The van der Waals surface area contributed by atoms with Gasteiger partial charge in [0.15, 0.2) is 0 Å². The molecule has 1 atom stereocenters. The molecule has 8 heteroatoms. The number of rotatable bonds is 5. The number of benzene rings is 2. The lowest BCUT2D eigenvalue weighted by atomic mass is 10.0. The zero-order valence-electron chi connectivity index (χ0n) is 16.1. The summed E-state index contributed by atoms with van der Waals surface area (Å²) < 4.78 is 0. The molecule has 150 valence electrons. The number of hydrogen-bond donors (Lipinski definition) is 2. The Morgan fingerprint density at radius 1 is 1.21 bits per heavy atom. The molecule has 29 heavy (non-hydrogen) atoms. The van der Waals surface area contributed by atoms with E-state index in [1.807, 2.05) is 31.2 Å². The van der Waals surface area contributed by atoms with Crippen LogP contribution in [0.2, 0.25) is 0 Å². The van der Waals surface area contributed by atoms with Gasteiger partial charge in [-0.25, -0.2) is 0 Å². The number of nitrogens with zero attached hydrogens (tertiary/aromatic N) is 2. The summed E-state index contributed by atoms with van der Waals surface area (Å²) >= 11 is 0. The smallest absolute Gasteiger partial charge is 0.292 e. The first-order valence-corrected chi connectivity index (χ1v) is 9.63. The summed E-state index contributed by atoms with van der Waals surface area (Å²) in [6.45, 7) is 3.11. The van der Waals surface area contributed by atoms with Crippen LogP contribution < -0.4 is 10.6 Å². The highest BCUT2D eigenvalue weighted by molar-refractivity contribution is 5.96. The van der Waals surface area contributed by atoms with Gasteiger partial charge in [0.2, 0.25) is 11.8 Å². The molecule has 0 bridgehead atoms. The Morgan fingerprint density at radius 3 is 2.69 bits per heavy atom. The lowest BCUT2D eigenvalue weighted by molar-refractivity contribution is -0.384. The summed E-state index contributed by atoms with van der Waals surface area (Å²) in [7, 11) is 0. The zero-order chi connectivity index (χ0) is 20.5. The quantitative estimate of drug-likeness (QED) is 0.599. The summed E-state index contributed by atoms with van der Waals surface area (Å²) in [5, 5.41) is 17.3. The number of nitrogens with one attached hydrogen (secondary N) is 2. The Hall–Kier alpha value is -3.42. The Kier molecular flexibility index (Phi) is 4.92. The molecule has 1 fully saturated rings. The minimum Gasteiger partial charge on any atom is -0.368 e. The largest absolute Gasteiger partial charge is 0.368 e. The first-order valence-electron chi connectivity index (χ1n) is 9.63. The fourth-order valence-corrected chi connectivity index (χ4v) is 3.81. The second kappa shape index (κ2) is 7.54. The van der Waals surface area contributed by atoms with E-state index < -0.39 is 11.0 Å². The van der Waals surface area contributed by atoms with Gasteiger partial charge in [-0.15, -0.1) is 0 Å². The van der Waals surface area contributed by atoms with Crippen molar-refractivity contribution in [2.75, 3.05) is 17.2 Å². The maximum absolute atomic E-state index is 12.8. The molecule has 0 aromatic heterocycles. The van der Waals surface area contributed by atoms with Crippen molar-refractivity contribution in [3.63, 3.8) is 0 Å². The second-order valence-electron chi connectivity index (χ2n) is 7.56. The zero-order valence-corrected chi connectivity index (χ0v) is 16.1. The normalized spacial score (nSPS) is 18.4. The van der Waals surface area contributed by atoms with E-state index in [1.165, 1.54) is 6.07 Å². The molecule has 2 aliphatic rings. The Morgan fingerprint density at radius 2 is 1.97 bits per heavy atom. The molecule has 2 aromatic rings. The van der Waals surface area contributed by atoms with Gasteiger partial charge < -0.3 is 15.5 Å². The van der Waals surface area contributed by atoms with Gasteiger partial charge in [-0.2, -0.15) is 0 Å². The van der Waals surface area contributed by atoms with E-state index in [9.17, 15) is 19.7 Å². The number of amides is 2. The number of anilines is 2. The number of likely N-dealkylation sites (tertiary alicyclic amines) is 1. The standard InChI is InChI=1S/C21H22N4O4/c1-13-2-4-14(5-3-13)12-24-9-8-16(21(24)27)22-18-11-17-15(6-7-20(26)23-17)10-19(18)25(28)29/h2-5,10-11,16,22H,6-9,12H2,1H3,(H,23,26). The van der Waals surface area contributed by atoms with Crippen LogP contribution in [-0.2, 0) is 22.6 Å². The molecule has 8 nitrogen and oxygen atoms in total. The first kappa shape index (κ1) is 18.9. The van der Waals surface area contributed by atoms with Gasteiger partial charge in [-0.1, -0.05) is 29.8 Å². The van der Waals surface area contributed by atoms with Crippen LogP contribution >= 0.6 is 0 Å². The fraction of sp³-hybridized carbons (Fsp3) is 0.333. The van der Waals surface area contributed by atoms with Gasteiger partial charge in [-0.3, -0.25) is 19.7 Å². The van der Waals surface area contributed by atoms with E-state index in [0.717, 1.165) is 16.7 Å². The third kappa shape index (κ3) is 3.91. The molecular formula is C21H22N4O4. The highest BCUT2D eigenvalue weighted by Crippen LogP contribution is 2.35. The molecule has 4 rings (SSSR count). The Balaban J connectivity index is 1.52. The molecular weight excluding hydrogens is 372 g/mol. The Bertz CT molecular complexity index is 987. The number of nitro groups is 1. The maximum atomic E-state index is 12.8. The van der Waals surface area contributed by atoms with E-state index >= 15 is 0 Å². The summed E-state index contributed by atoms with van der Waals surface area (Å²) in [4.78, 5) is 37.3. The van der Waals surface area contributed by atoms with Gasteiger partial charge in [0.05, 0.1) is 4.92 Å². The van der Waals surface area contributed by atoms with E-state index in [0.29, 0.717) is 38.0 Å². The number of aryl methyl sites for hydroxylation is 2. The number of hydrogen-bond acceptors (Lipinski definition) is 5. The fourth-order valence-electron chi connectivity index (χ4n) is 3.81. The van der Waals surface area contributed by atoms with Crippen molar-refractivity contribution in [3.05, 3.63) is 63.2 Å². The van der Waals surface area contributed by atoms with Gasteiger partial charge in [0.25, 0.3) is 5.69 Å². The van der Waals surface area contributed by atoms with Crippen molar-refractivity contribution in [1.82, 2.24) is 4.90 Å². The highest BCUT2D eigenvalue weighted by Gasteiger charge is 2.33. The van der Waals surface area contributed by atoms with E-state index in [2.05, 4.69) is 10.6 Å². The van der Waals surface area contributed by atoms with Crippen molar-refractivity contribution in [3.8, 4) is 0 Å². The number of nitro benzene ring substituents is 1. The predicted molar refractivity (Wildman–Crippen MR) is 109 cm³/mol. The summed E-state index contributed by atoms with van der Waals surface area (Å²) in [5.74, 6) is -0.194. The maximum Gasteiger partial charge on any atom is 0.292 e. The minimum absolute atomic E-state index is 0.0790. The monoisotopic (exact) mass is 394 g/mol. The summed E-state index contributed by atoms with van der Waals surface area (Å²) in [6, 6.07) is 10.5. The highest BCUT2D eigenvalue weighted by atomic mass is 16.6. The minimum atomic E-state index is -0.531. The number of carbonyl (C=O) groups is 2. The molecule has 2 aliphatic heterocycles. The van der Waals surface area contributed by atoms with Gasteiger partial charge >= 0.3 is 0 Å². The van der Waals surface area contributed by atoms with Crippen LogP contribution in [0.5, 0.6) is 0 Å². The van der Waals surface area contributed by atoms with E-state index in [-0.39, 0.29) is 23.2 Å². The molecule has 2 amide bonds. The molecule has 2 heterocycles. The van der Waals surface area contributed by atoms with Crippen LogP contribution in [-0.4, -0.2) is 34.2 Å². The van der Waals surface area contributed by atoms with Gasteiger partial charge in [0, 0.05) is 31.3 Å². The Labute approximate surface area is 168 Å². The third-order valence-electron chi connectivity index (χ3n) is 5.43. The van der Waals surface area contributed by atoms with Crippen molar-refractivity contribution in [2.24, 2.45) is 0 Å². The van der Waals surface area contributed by atoms with Crippen LogP contribution in [0.3, 0.4) is 0 Å². The number of fused-ring (bicyclic) bond motifs is 1. The molecule has 0 radical (unpaired) electrons. The molecule has 2 aromatic carbocycles. The van der Waals surface area contributed by atoms with Crippen molar-refractivity contribution < 1.29 is 14.5 Å². The van der Waals surface area contributed by atoms with Crippen LogP contribution in [0.4, 0.5) is 17.1 Å². The lowest BCUT2D eigenvalue weighted by Gasteiger charge is -2.20. The van der Waals surface area contributed by atoms with Gasteiger partial charge in [0.1, 0.15) is 11.7 Å². The van der Waals surface area contributed by atoms with Gasteiger partial charge in [-0.05, 0) is 37.0 Å². The van der Waals surface area contributed by atoms with Crippen LogP contribution in [0.1, 0.15) is 29.5 Å². The lowest BCUT2D eigenvalue weighted by Crippen LogP contribution is -2.33.